The van der Waals surface area contributed by atoms with Crippen LogP contribution < -0.4 is 5.32 Å². The van der Waals surface area contributed by atoms with E-state index in [1.165, 1.54) is 11.1 Å². The summed E-state index contributed by atoms with van der Waals surface area (Å²) in [5.74, 6) is 0.243. The lowest BCUT2D eigenvalue weighted by molar-refractivity contribution is -0.131. The molecule has 1 fully saturated rings. The van der Waals surface area contributed by atoms with Crippen molar-refractivity contribution in [3.63, 3.8) is 0 Å². The Morgan fingerprint density at radius 3 is 2.39 bits per heavy atom. The number of piperidine rings is 1. The summed E-state index contributed by atoms with van der Waals surface area (Å²) >= 11 is 0. The lowest BCUT2D eigenvalue weighted by atomic mass is 10.0. The van der Waals surface area contributed by atoms with Gasteiger partial charge in [0, 0.05) is 19.1 Å². The van der Waals surface area contributed by atoms with Crippen molar-refractivity contribution in [2.45, 2.75) is 39.2 Å². The first kappa shape index (κ1) is 17.5. The monoisotopic (exact) mass is 312 g/mol. The molecule has 3 heteroatoms. The second-order valence-electron chi connectivity index (χ2n) is 6.06. The van der Waals surface area contributed by atoms with Crippen molar-refractivity contribution in [1.29, 1.82) is 0 Å². The Hall–Kier alpha value is -1.87. The molecule has 3 nitrogen and oxygen atoms in total. The van der Waals surface area contributed by atoms with E-state index < -0.39 is 0 Å². The zero-order valence-corrected chi connectivity index (χ0v) is 14.5. The Kier molecular flexibility index (Phi) is 6.60. The van der Waals surface area contributed by atoms with Crippen molar-refractivity contribution in [3.8, 4) is 0 Å². The molecule has 0 atom stereocenters. The van der Waals surface area contributed by atoms with Gasteiger partial charge in [-0.15, -0.1) is 0 Å². The molecule has 0 radical (unpaired) electrons. The molecular formula is C20H28N2O. The third-order valence-electron chi connectivity index (χ3n) is 4.56. The van der Waals surface area contributed by atoms with Gasteiger partial charge in [0.05, 0.1) is 6.42 Å². The number of benzene rings is 1. The van der Waals surface area contributed by atoms with Crippen LogP contribution in [0.3, 0.4) is 0 Å². The van der Waals surface area contributed by atoms with Gasteiger partial charge in [-0.25, -0.2) is 0 Å². The van der Waals surface area contributed by atoms with Gasteiger partial charge in [0.2, 0.25) is 5.91 Å². The summed E-state index contributed by atoms with van der Waals surface area (Å²) in [5.41, 5.74) is 3.49. The lowest BCUT2D eigenvalue weighted by Crippen LogP contribution is -2.44. The first-order valence-corrected chi connectivity index (χ1v) is 8.51. The molecule has 1 heterocycles. The number of rotatable bonds is 5. The largest absolute Gasteiger partial charge is 0.342 e. The van der Waals surface area contributed by atoms with Crippen LogP contribution in [0.25, 0.3) is 5.57 Å². The van der Waals surface area contributed by atoms with Gasteiger partial charge in [-0.05, 0) is 50.4 Å². The minimum Gasteiger partial charge on any atom is -0.342 e. The molecule has 0 spiro atoms. The highest BCUT2D eigenvalue weighted by molar-refractivity contribution is 5.79. The maximum Gasteiger partial charge on any atom is 0.226 e. The summed E-state index contributed by atoms with van der Waals surface area (Å²) in [6.07, 6.45) is 8.85. The molecule has 2 rings (SSSR count). The van der Waals surface area contributed by atoms with Crippen LogP contribution in [0.15, 0.2) is 42.5 Å². The van der Waals surface area contributed by atoms with Crippen LogP contribution in [0.2, 0.25) is 0 Å². The average molecular weight is 312 g/mol. The number of carbonyl (C=O) groups excluding carboxylic acids is 1. The highest BCUT2D eigenvalue weighted by Crippen LogP contribution is 2.18. The summed E-state index contributed by atoms with van der Waals surface area (Å²) < 4.78 is 0. The Morgan fingerprint density at radius 1 is 1.22 bits per heavy atom. The van der Waals surface area contributed by atoms with E-state index in [9.17, 15) is 4.79 Å². The van der Waals surface area contributed by atoms with E-state index >= 15 is 0 Å². The van der Waals surface area contributed by atoms with Gasteiger partial charge < -0.3 is 10.2 Å². The van der Waals surface area contributed by atoms with Crippen molar-refractivity contribution in [2.75, 3.05) is 20.1 Å². The summed E-state index contributed by atoms with van der Waals surface area (Å²) in [4.78, 5) is 14.4. The first-order valence-electron chi connectivity index (χ1n) is 8.51. The molecule has 1 N–H and O–H groups in total. The summed E-state index contributed by atoms with van der Waals surface area (Å²) in [7, 11) is 2.00. The van der Waals surface area contributed by atoms with Crippen molar-refractivity contribution in [2.24, 2.45) is 0 Å². The van der Waals surface area contributed by atoms with Gasteiger partial charge in [0.25, 0.3) is 0 Å². The molecule has 1 aliphatic heterocycles. The number of nitrogens with one attached hydrogen (secondary N) is 1. The molecule has 0 saturated carbocycles. The van der Waals surface area contributed by atoms with E-state index in [4.69, 9.17) is 0 Å². The highest BCUT2D eigenvalue weighted by atomic mass is 16.2. The maximum absolute atomic E-state index is 12.4. The van der Waals surface area contributed by atoms with Gasteiger partial charge in [-0.1, -0.05) is 42.5 Å². The average Bonchev–Trinajstić information content (AvgIpc) is 2.60. The fraction of sp³-hybridized carbons (Fsp3) is 0.450. The van der Waals surface area contributed by atoms with Gasteiger partial charge >= 0.3 is 0 Å². The molecule has 1 aliphatic rings. The minimum atomic E-state index is 0.243. The number of amides is 1. The standard InChI is InChI=1S/C20H28N2O/c1-4-6-17(5-2)18-9-7-16(8-10-18)15-20(23)22-13-11-19(21-3)12-14-22/h4-10,19,21H,11-15H2,1-3H3/b6-4-,17-5+. The normalized spacial score (nSPS) is 17.0. The molecule has 124 valence electrons. The Bertz CT molecular complexity index is 564. The van der Waals surface area contributed by atoms with Crippen LogP contribution >= 0.6 is 0 Å². The topological polar surface area (TPSA) is 32.3 Å². The van der Waals surface area contributed by atoms with Crippen LogP contribution in [0, 0.1) is 0 Å². The maximum atomic E-state index is 12.4. The zero-order valence-electron chi connectivity index (χ0n) is 14.5. The van der Waals surface area contributed by atoms with Crippen molar-refractivity contribution in [1.82, 2.24) is 10.2 Å². The number of hydrogen-bond acceptors (Lipinski definition) is 2. The van der Waals surface area contributed by atoms with Crippen molar-refractivity contribution in [3.05, 3.63) is 53.6 Å². The third-order valence-corrected chi connectivity index (χ3v) is 4.56. The predicted octanol–water partition coefficient (Wildman–Crippen LogP) is 3.42. The number of hydrogen-bond donors (Lipinski definition) is 1. The molecule has 1 aromatic rings. The number of nitrogens with zero attached hydrogens (tertiary/aromatic N) is 1. The van der Waals surface area contributed by atoms with E-state index in [-0.39, 0.29) is 5.91 Å². The lowest BCUT2D eigenvalue weighted by Gasteiger charge is -2.31. The van der Waals surface area contributed by atoms with E-state index in [2.05, 4.69) is 41.7 Å². The fourth-order valence-corrected chi connectivity index (χ4v) is 3.06. The molecule has 1 saturated heterocycles. The summed E-state index contributed by atoms with van der Waals surface area (Å²) in [5, 5.41) is 3.30. The van der Waals surface area contributed by atoms with Crippen molar-refractivity contribution < 1.29 is 4.79 Å². The van der Waals surface area contributed by atoms with Crippen LogP contribution in [0.1, 0.15) is 37.8 Å². The molecule has 1 aromatic carbocycles. The second kappa shape index (κ2) is 8.68. The van der Waals surface area contributed by atoms with Crippen LogP contribution in [0.5, 0.6) is 0 Å². The minimum absolute atomic E-state index is 0.243. The first-order chi connectivity index (χ1) is 11.2. The highest BCUT2D eigenvalue weighted by Gasteiger charge is 2.21. The quantitative estimate of drug-likeness (QED) is 0.845. The predicted molar refractivity (Wildman–Crippen MR) is 97.3 cm³/mol. The molecule has 1 amide bonds. The van der Waals surface area contributed by atoms with Gasteiger partial charge in [-0.3, -0.25) is 4.79 Å². The summed E-state index contributed by atoms with van der Waals surface area (Å²) in [6.45, 7) is 5.80. The van der Waals surface area contributed by atoms with Gasteiger partial charge in [-0.2, -0.15) is 0 Å². The van der Waals surface area contributed by atoms with Gasteiger partial charge in [0.15, 0.2) is 0 Å². The van der Waals surface area contributed by atoms with E-state index in [0.717, 1.165) is 31.5 Å². The van der Waals surface area contributed by atoms with Crippen LogP contribution in [-0.2, 0) is 11.2 Å². The Balaban J connectivity index is 1.94. The molecule has 0 aliphatic carbocycles. The van der Waals surface area contributed by atoms with Crippen LogP contribution in [-0.4, -0.2) is 37.0 Å². The van der Waals surface area contributed by atoms with Gasteiger partial charge in [0.1, 0.15) is 0 Å². The third kappa shape index (κ3) is 4.80. The Morgan fingerprint density at radius 2 is 1.87 bits per heavy atom. The molecule has 0 bridgehead atoms. The van der Waals surface area contributed by atoms with E-state index in [1.807, 2.05) is 31.9 Å². The Labute approximate surface area is 140 Å². The number of likely N-dealkylation sites (tertiary alicyclic amines) is 1. The van der Waals surface area contributed by atoms with E-state index in [1.54, 1.807) is 0 Å². The fourth-order valence-electron chi connectivity index (χ4n) is 3.06. The second-order valence-corrected chi connectivity index (χ2v) is 6.06. The molecule has 23 heavy (non-hydrogen) atoms. The van der Waals surface area contributed by atoms with E-state index in [0.29, 0.717) is 12.5 Å². The number of allylic oxidation sites excluding steroid dienone is 4. The zero-order chi connectivity index (χ0) is 16.7. The molecule has 0 unspecified atom stereocenters. The van der Waals surface area contributed by atoms with Crippen molar-refractivity contribution >= 4 is 11.5 Å². The SMILES string of the molecule is C/C=C\C(=C/C)c1ccc(CC(=O)N2CCC(NC)CC2)cc1. The smallest absolute Gasteiger partial charge is 0.226 e. The van der Waals surface area contributed by atoms with Crippen LogP contribution in [0.4, 0.5) is 0 Å². The summed E-state index contributed by atoms with van der Waals surface area (Å²) in [6, 6.07) is 8.90. The molecule has 0 aromatic heterocycles. The molecular weight excluding hydrogens is 284 g/mol. The number of carbonyl (C=O) groups is 1.